The molecule has 1 unspecified atom stereocenters. The maximum atomic E-state index is 14.2. The Hall–Kier alpha value is -4.72. The van der Waals surface area contributed by atoms with Gasteiger partial charge in [0.15, 0.2) is 11.5 Å². The molecule has 0 bridgehead atoms. The summed E-state index contributed by atoms with van der Waals surface area (Å²) in [6.45, 7) is 5.81. The molecule has 1 fully saturated rings. The molecule has 1 aromatic carbocycles. The molecule has 2 N–H and O–H groups in total. The molecule has 0 radical (unpaired) electrons. The maximum absolute atomic E-state index is 14.2. The van der Waals surface area contributed by atoms with Gasteiger partial charge in [0, 0.05) is 36.0 Å². The number of benzene rings is 1. The predicted molar refractivity (Wildman–Crippen MR) is 163 cm³/mol. The molecule has 1 spiro atoms. The van der Waals surface area contributed by atoms with E-state index in [0.29, 0.717) is 55.5 Å². The molecule has 1 aliphatic carbocycles. The summed E-state index contributed by atoms with van der Waals surface area (Å²) in [6, 6.07) is 5.55. The van der Waals surface area contributed by atoms with Crippen molar-refractivity contribution in [3.8, 4) is 5.75 Å². The smallest absolute Gasteiger partial charge is 0.416 e. The van der Waals surface area contributed by atoms with Crippen LogP contribution in [0.15, 0.2) is 47.9 Å². The number of aromatic hydroxyl groups is 1. The van der Waals surface area contributed by atoms with Gasteiger partial charge >= 0.3 is 6.18 Å². The van der Waals surface area contributed by atoms with Crippen LogP contribution in [0.2, 0.25) is 5.02 Å². The van der Waals surface area contributed by atoms with Crippen molar-refractivity contribution in [3.63, 3.8) is 0 Å². The largest absolute Gasteiger partial charge is 0.505 e. The van der Waals surface area contributed by atoms with Crippen molar-refractivity contribution in [2.75, 3.05) is 18.4 Å². The van der Waals surface area contributed by atoms with E-state index in [4.69, 9.17) is 11.6 Å². The predicted octanol–water partition coefficient (Wildman–Crippen LogP) is 4.85. The SMILES string of the molecule is C=C(C)c1nc2n(CC(=O)Nc3ccc(C(F)(F)F)cc3Cl)c3c(c(=O)n2n1)C1(CCC3)CCCN(C(=O)c2ncccc2O)C1. The number of fused-ring (bicyclic) bond motifs is 3. The number of anilines is 1. The minimum Gasteiger partial charge on any atom is -0.505 e. The van der Waals surface area contributed by atoms with Gasteiger partial charge in [0.1, 0.15) is 12.3 Å². The first-order chi connectivity index (χ1) is 21.8. The monoisotopic (exact) mass is 655 g/mol. The Morgan fingerprint density at radius 3 is 2.65 bits per heavy atom. The number of piperidine rings is 1. The summed E-state index contributed by atoms with van der Waals surface area (Å²) in [5.41, 5.74) is -0.752. The highest BCUT2D eigenvalue weighted by atomic mass is 35.5. The average molecular weight is 656 g/mol. The Morgan fingerprint density at radius 2 is 1.96 bits per heavy atom. The van der Waals surface area contributed by atoms with E-state index in [9.17, 15) is 32.7 Å². The third-order valence-electron chi connectivity index (χ3n) is 8.56. The Kier molecular flexibility index (Phi) is 7.87. The van der Waals surface area contributed by atoms with E-state index >= 15 is 0 Å². The molecule has 46 heavy (non-hydrogen) atoms. The van der Waals surface area contributed by atoms with Crippen molar-refractivity contribution in [3.05, 3.63) is 86.8 Å². The van der Waals surface area contributed by atoms with Gasteiger partial charge in [-0.3, -0.25) is 14.4 Å². The van der Waals surface area contributed by atoms with Gasteiger partial charge in [0.2, 0.25) is 11.7 Å². The first-order valence-electron chi connectivity index (χ1n) is 14.6. The van der Waals surface area contributed by atoms with Crippen LogP contribution in [-0.2, 0) is 29.4 Å². The molecule has 240 valence electrons. The lowest BCUT2D eigenvalue weighted by Gasteiger charge is -2.46. The van der Waals surface area contributed by atoms with E-state index in [0.717, 1.165) is 22.7 Å². The fourth-order valence-electron chi connectivity index (χ4n) is 6.51. The number of carbonyl (C=O) groups excluding carboxylic acids is 2. The molecule has 1 aliphatic heterocycles. The fraction of sp³-hybridized carbons (Fsp3) is 0.355. The number of halogens is 4. The number of nitrogens with one attached hydrogen (secondary N) is 1. The van der Waals surface area contributed by atoms with E-state index in [1.165, 1.54) is 18.3 Å². The number of pyridine rings is 1. The standard InChI is InChI=1S/C31H29ClF3N7O4/c1-17(2)26-38-29-41(15-23(44)37-20-9-8-18(14-19(20)32)31(33,34)35)21-6-3-10-30(24(21)27(45)42(29)39-26)11-5-13-40(16-30)28(46)25-22(43)7-4-12-36-25/h4,7-9,12,14,43H,1,3,5-6,10-11,13,15-16H2,2H3,(H,37,44). The maximum Gasteiger partial charge on any atom is 0.416 e. The van der Waals surface area contributed by atoms with Crippen LogP contribution in [0.1, 0.15) is 65.7 Å². The number of carbonyl (C=O) groups is 2. The highest BCUT2D eigenvalue weighted by Gasteiger charge is 2.45. The molecule has 6 rings (SSSR count). The van der Waals surface area contributed by atoms with Crippen LogP contribution in [0.25, 0.3) is 11.4 Å². The second kappa shape index (κ2) is 11.6. The minimum absolute atomic E-state index is 0.00892. The van der Waals surface area contributed by atoms with Crippen LogP contribution in [0.4, 0.5) is 18.9 Å². The van der Waals surface area contributed by atoms with Crippen molar-refractivity contribution in [1.29, 1.82) is 0 Å². The lowest BCUT2D eigenvalue weighted by atomic mass is 9.67. The molecular weight excluding hydrogens is 627 g/mol. The zero-order valence-corrected chi connectivity index (χ0v) is 25.5. The molecular formula is C31H29ClF3N7O4. The van der Waals surface area contributed by atoms with Crippen LogP contribution in [0.5, 0.6) is 5.75 Å². The third kappa shape index (κ3) is 5.50. The molecule has 3 aromatic heterocycles. The summed E-state index contributed by atoms with van der Waals surface area (Å²) in [5, 5.41) is 17.0. The first-order valence-corrected chi connectivity index (χ1v) is 15.0. The molecule has 0 saturated carbocycles. The Bertz CT molecular complexity index is 1970. The topological polar surface area (TPSA) is 135 Å². The van der Waals surface area contributed by atoms with Gasteiger partial charge in [0.25, 0.3) is 11.5 Å². The van der Waals surface area contributed by atoms with Crippen LogP contribution in [0.3, 0.4) is 0 Å². The number of hydrogen-bond donors (Lipinski definition) is 2. The van der Waals surface area contributed by atoms with E-state index < -0.39 is 34.5 Å². The average Bonchev–Trinajstić information content (AvgIpc) is 3.46. The minimum atomic E-state index is -4.60. The summed E-state index contributed by atoms with van der Waals surface area (Å²) < 4.78 is 42.2. The molecule has 1 saturated heterocycles. The van der Waals surface area contributed by atoms with E-state index in [1.807, 2.05) is 0 Å². The highest BCUT2D eigenvalue weighted by Crippen LogP contribution is 2.43. The van der Waals surface area contributed by atoms with Gasteiger partial charge in [-0.15, -0.1) is 5.10 Å². The van der Waals surface area contributed by atoms with Crippen molar-refractivity contribution >= 4 is 40.5 Å². The highest BCUT2D eigenvalue weighted by molar-refractivity contribution is 6.33. The van der Waals surface area contributed by atoms with Crippen molar-refractivity contribution in [1.82, 2.24) is 29.0 Å². The summed E-state index contributed by atoms with van der Waals surface area (Å²) in [4.78, 5) is 51.3. The Balaban J connectivity index is 1.42. The van der Waals surface area contributed by atoms with Gasteiger partial charge in [-0.2, -0.15) is 22.7 Å². The summed E-state index contributed by atoms with van der Waals surface area (Å²) in [6.07, 6.45) is -0.339. The number of likely N-dealkylation sites (tertiary alicyclic amines) is 1. The number of amides is 2. The lowest BCUT2D eigenvalue weighted by molar-refractivity contribution is -0.137. The molecule has 11 nitrogen and oxygen atoms in total. The number of allylic oxidation sites excluding steroid dienone is 1. The Labute approximate surface area is 265 Å². The second-order valence-corrected chi connectivity index (χ2v) is 12.1. The van der Waals surface area contributed by atoms with Crippen molar-refractivity contribution < 1.29 is 27.9 Å². The van der Waals surface area contributed by atoms with Gasteiger partial charge in [-0.1, -0.05) is 18.2 Å². The van der Waals surface area contributed by atoms with Crippen LogP contribution in [0, 0.1) is 0 Å². The van der Waals surface area contributed by atoms with Gasteiger partial charge in [-0.25, -0.2) is 4.98 Å². The van der Waals surface area contributed by atoms with E-state index in [1.54, 1.807) is 16.4 Å². The number of hydrogen-bond acceptors (Lipinski definition) is 7. The molecule has 2 aliphatic rings. The van der Waals surface area contributed by atoms with Gasteiger partial charge in [-0.05, 0) is 74.9 Å². The van der Waals surface area contributed by atoms with Crippen molar-refractivity contribution in [2.24, 2.45) is 0 Å². The number of alkyl halides is 3. The van der Waals surface area contributed by atoms with Crippen LogP contribution in [-0.4, -0.2) is 59.1 Å². The fourth-order valence-corrected chi connectivity index (χ4v) is 6.74. The second-order valence-electron chi connectivity index (χ2n) is 11.7. The van der Waals surface area contributed by atoms with E-state index in [-0.39, 0.29) is 46.8 Å². The zero-order chi connectivity index (χ0) is 33.0. The molecule has 4 aromatic rings. The molecule has 1 atom stereocenters. The number of nitrogens with zero attached hydrogens (tertiary/aromatic N) is 6. The van der Waals surface area contributed by atoms with E-state index in [2.05, 4.69) is 27.0 Å². The zero-order valence-electron chi connectivity index (χ0n) is 24.7. The molecule has 4 heterocycles. The lowest BCUT2D eigenvalue weighted by Crippen LogP contribution is -2.53. The van der Waals surface area contributed by atoms with Gasteiger partial charge in [0.05, 0.1) is 16.3 Å². The number of rotatable bonds is 5. The normalized spacial score (nSPS) is 18.1. The number of aromatic nitrogens is 5. The van der Waals surface area contributed by atoms with Gasteiger partial charge < -0.3 is 19.9 Å². The summed E-state index contributed by atoms with van der Waals surface area (Å²) in [5.74, 6) is -0.993. The van der Waals surface area contributed by atoms with Crippen molar-refractivity contribution in [2.45, 2.75) is 57.2 Å². The summed E-state index contributed by atoms with van der Waals surface area (Å²) in [7, 11) is 0. The quantitative estimate of drug-likeness (QED) is 0.314. The molecule has 2 amide bonds. The third-order valence-corrected chi connectivity index (χ3v) is 8.87. The Morgan fingerprint density at radius 1 is 1.20 bits per heavy atom. The first kappa shape index (κ1) is 31.3. The summed E-state index contributed by atoms with van der Waals surface area (Å²) >= 11 is 6.09. The van der Waals surface area contributed by atoms with Crippen LogP contribution >= 0.6 is 11.6 Å². The van der Waals surface area contributed by atoms with Crippen LogP contribution < -0.4 is 10.9 Å². The molecule has 15 heteroatoms.